The van der Waals surface area contributed by atoms with Gasteiger partial charge in [0.2, 0.25) is 0 Å². The Kier molecular flexibility index (Phi) is 7.80. The van der Waals surface area contributed by atoms with E-state index >= 15 is 0 Å². The fraction of sp³-hybridized carbons (Fsp3) is 0.0606. The van der Waals surface area contributed by atoms with Crippen molar-refractivity contribution in [2.45, 2.75) is 13.1 Å². The van der Waals surface area contributed by atoms with Gasteiger partial charge in [-0.3, -0.25) is 4.79 Å². The maximum absolute atomic E-state index is 13.2. The van der Waals surface area contributed by atoms with Crippen molar-refractivity contribution in [2.24, 2.45) is 0 Å². The number of fused-ring (bicyclic) bond motifs is 1. The number of rotatable bonds is 8. The molecule has 2 N–H and O–H groups in total. The number of carbonyl (C=O) groups excluding carboxylic acids is 1. The lowest BCUT2D eigenvalue weighted by Gasteiger charge is -2.13. The molecule has 0 spiro atoms. The van der Waals surface area contributed by atoms with Crippen molar-refractivity contribution in [3.05, 3.63) is 142 Å². The van der Waals surface area contributed by atoms with Gasteiger partial charge in [0.1, 0.15) is 5.82 Å². The van der Waals surface area contributed by atoms with E-state index in [-0.39, 0.29) is 5.91 Å². The summed E-state index contributed by atoms with van der Waals surface area (Å²) in [5.74, 6) is 0.676. The van der Waals surface area contributed by atoms with E-state index in [0.29, 0.717) is 29.3 Å². The van der Waals surface area contributed by atoms with Gasteiger partial charge in [0, 0.05) is 35.3 Å². The van der Waals surface area contributed by atoms with Crippen molar-refractivity contribution in [1.82, 2.24) is 19.9 Å². The third kappa shape index (κ3) is 5.87. The first-order valence-corrected chi connectivity index (χ1v) is 14.3. The summed E-state index contributed by atoms with van der Waals surface area (Å²) >= 11 is 10.0. The Morgan fingerprint density at radius 3 is 2.32 bits per heavy atom. The average Bonchev–Trinajstić information content (AvgIpc) is 3.40. The summed E-state index contributed by atoms with van der Waals surface area (Å²) in [6.07, 6.45) is 1.73. The quantitative estimate of drug-likeness (QED) is 0.180. The van der Waals surface area contributed by atoms with Gasteiger partial charge in [0.05, 0.1) is 16.4 Å². The van der Waals surface area contributed by atoms with E-state index in [9.17, 15) is 4.79 Å². The Balaban J connectivity index is 1.18. The number of nitrogens with one attached hydrogen (secondary N) is 2. The maximum atomic E-state index is 13.2. The molecular weight excluding hydrogens is 598 g/mol. The van der Waals surface area contributed by atoms with Gasteiger partial charge in [-0.05, 0) is 50.3 Å². The highest BCUT2D eigenvalue weighted by molar-refractivity contribution is 9.10. The van der Waals surface area contributed by atoms with Crippen molar-refractivity contribution in [3.8, 4) is 22.4 Å². The topological polar surface area (TPSA) is 71.3 Å². The molecule has 0 unspecified atom stereocenters. The third-order valence-corrected chi connectivity index (χ3v) is 7.64. The molecule has 0 atom stereocenters. The number of hydrogen-bond donors (Lipinski definition) is 2. The van der Waals surface area contributed by atoms with E-state index in [1.807, 2.05) is 97.1 Å². The van der Waals surface area contributed by atoms with Gasteiger partial charge in [-0.1, -0.05) is 103 Å². The zero-order valence-corrected chi connectivity index (χ0v) is 24.2. The van der Waals surface area contributed by atoms with E-state index in [4.69, 9.17) is 16.6 Å². The Hall–Kier alpha value is -4.46. The van der Waals surface area contributed by atoms with Gasteiger partial charge in [0.15, 0.2) is 5.65 Å². The van der Waals surface area contributed by atoms with Crippen LogP contribution in [0.1, 0.15) is 21.5 Å². The minimum absolute atomic E-state index is 0.108. The van der Waals surface area contributed by atoms with Gasteiger partial charge in [0.25, 0.3) is 5.91 Å². The smallest absolute Gasteiger partial charge is 0.252 e. The number of halogens is 2. The first kappa shape index (κ1) is 26.7. The maximum Gasteiger partial charge on any atom is 0.252 e. The van der Waals surface area contributed by atoms with Gasteiger partial charge >= 0.3 is 0 Å². The van der Waals surface area contributed by atoms with Crippen LogP contribution in [-0.2, 0) is 13.1 Å². The van der Waals surface area contributed by atoms with Crippen molar-refractivity contribution in [3.63, 3.8) is 0 Å². The number of nitrogens with zero attached hydrogens (tertiary/aromatic N) is 3. The van der Waals surface area contributed by atoms with E-state index in [1.165, 1.54) is 0 Å². The number of anilines is 1. The highest BCUT2D eigenvalue weighted by Gasteiger charge is 2.14. The summed E-state index contributed by atoms with van der Waals surface area (Å²) in [7, 11) is 0. The summed E-state index contributed by atoms with van der Waals surface area (Å²) in [6, 6.07) is 35.4. The first-order chi connectivity index (χ1) is 20.1. The van der Waals surface area contributed by atoms with Crippen LogP contribution in [0.5, 0.6) is 0 Å². The summed E-state index contributed by atoms with van der Waals surface area (Å²) in [4.78, 5) is 17.9. The van der Waals surface area contributed by atoms with Crippen LogP contribution in [0.2, 0.25) is 5.02 Å². The monoisotopic (exact) mass is 621 g/mol. The van der Waals surface area contributed by atoms with Crippen molar-refractivity contribution in [1.29, 1.82) is 0 Å². The lowest BCUT2D eigenvalue weighted by molar-refractivity contribution is 0.0951. The number of aromatic nitrogens is 3. The van der Waals surface area contributed by atoms with Crippen LogP contribution in [0.4, 0.5) is 5.82 Å². The summed E-state index contributed by atoms with van der Waals surface area (Å²) in [5.41, 5.74) is 6.94. The zero-order valence-electron chi connectivity index (χ0n) is 21.9. The largest absolute Gasteiger partial charge is 0.366 e. The second-order valence-electron chi connectivity index (χ2n) is 9.50. The standard InChI is InChI=1S/C33H25BrClN5O/c34-28-21-38-40-31(18-30(39-32(28)40)27-15-6-7-16-29(27)35)36-19-22-9-8-10-23(17-22)20-37-33(41)26-14-5-4-13-25(26)24-11-2-1-3-12-24/h1-18,21,36H,19-20H2,(H,37,41). The molecule has 6 nitrogen and oxygen atoms in total. The molecule has 0 saturated heterocycles. The number of benzene rings is 4. The fourth-order valence-corrected chi connectivity index (χ4v) is 5.32. The van der Waals surface area contributed by atoms with Crippen LogP contribution in [0.3, 0.4) is 0 Å². The lowest BCUT2D eigenvalue weighted by Crippen LogP contribution is -2.23. The first-order valence-electron chi connectivity index (χ1n) is 13.1. The number of carbonyl (C=O) groups is 1. The van der Waals surface area contributed by atoms with Crippen LogP contribution in [0.25, 0.3) is 28.0 Å². The molecule has 0 aliphatic rings. The van der Waals surface area contributed by atoms with Gasteiger partial charge in [-0.25, -0.2) is 4.98 Å². The molecule has 0 saturated carbocycles. The fourth-order valence-electron chi connectivity index (χ4n) is 4.74. The predicted molar refractivity (Wildman–Crippen MR) is 168 cm³/mol. The van der Waals surface area contributed by atoms with Gasteiger partial charge < -0.3 is 10.6 Å². The molecule has 2 heterocycles. The van der Waals surface area contributed by atoms with E-state index in [2.05, 4.69) is 43.8 Å². The SMILES string of the molecule is O=C(NCc1cccc(CNc2cc(-c3ccccc3Cl)nc3c(Br)cnn23)c1)c1ccccc1-c1ccccc1. The normalized spacial score (nSPS) is 11.0. The second kappa shape index (κ2) is 12.0. The zero-order chi connectivity index (χ0) is 28.2. The average molecular weight is 623 g/mol. The number of hydrogen-bond acceptors (Lipinski definition) is 4. The summed E-state index contributed by atoms with van der Waals surface area (Å²) in [6.45, 7) is 0.967. The van der Waals surface area contributed by atoms with E-state index in [1.54, 1.807) is 10.7 Å². The molecule has 0 aliphatic heterocycles. The second-order valence-corrected chi connectivity index (χ2v) is 10.8. The predicted octanol–water partition coefficient (Wildman–Crippen LogP) is 8.02. The Morgan fingerprint density at radius 1 is 0.805 bits per heavy atom. The van der Waals surface area contributed by atoms with Crippen LogP contribution in [-0.4, -0.2) is 20.5 Å². The lowest BCUT2D eigenvalue weighted by atomic mass is 9.99. The highest BCUT2D eigenvalue weighted by atomic mass is 79.9. The molecular formula is C33H25BrClN5O. The molecule has 2 aromatic heterocycles. The van der Waals surface area contributed by atoms with Gasteiger partial charge in [-0.2, -0.15) is 9.61 Å². The van der Waals surface area contributed by atoms with E-state index in [0.717, 1.165) is 43.8 Å². The summed E-state index contributed by atoms with van der Waals surface area (Å²) < 4.78 is 2.56. The molecule has 1 amide bonds. The minimum Gasteiger partial charge on any atom is -0.366 e. The molecule has 8 heteroatoms. The van der Waals surface area contributed by atoms with Crippen LogP contribution in [0.15, 0.2) is 120 Å². The Morgan fingerprint density at radius 2 is 1.51 bits per heavy atom. The Labute approximate surface area is 251 Å². The molecule has 0 aliphatic carbocycles. The van der Waals surface area contributed by atoms with Crippen molar-refractivity contribution >= 4 is 44.9 Å². The van der Waals surface area contributed by atoms with Crippen LogP contribution in [0, 0.1) is 0 Å². The van der Waals surface area contributed by atoms with Crippen molar-refractivity contribution in [2.75, 3.05) is 5.32 Å². The molecule has 41 heavy (non-hydrogen) atoms. The summed E-state index contributed by atoms with van der Waals surface area (Å²) in [5, 5.41) is 11.7. The van der Waals surface area contributed by atoms with Gasteiger partial charge in [-0.15, -0.1) is 0 Å². The molecule has 0 fully saturated rings. The molecule has 6 aromatic rings. The minimum atomic E-state index is -0.108. The highest BCUT2D eigenvalue weighted by Crippen LogP contribution is 2.30. The molecule has 0 bridgehead atoms. The molecule has 4 aromatic carbocycles. The third-order valence-electron chi connectivity index (χ3n) is 6.75. The van der Waals surface area contributed by atoms with Crippen molar-refractivity contribution < 1.29 is 4.79 Å². The Bertz CT molecular complexity index is 1850. The van der Waals surface area contributed by atoms with Crippen LogP contribution >= 0.6 is 27.5 Å². The molecule has 6 rings (SSSR count). The molecule has 202 valence electrons. The van der Waals surface area contributed by atoms with Crippen LogP contribution < -0.4 is 10.6 Å². The van der Waals surface area contributed by atoms with E-state index < -0.39 is 0 Å². The number of amides is 1. The molecule has 0 radical (unpaired) electrons.